The maximum absolute atomic E-state index is 12.9. The maximum Gasteiger partial charge on any atom is 0.416 e. The van der Waals surface area contributed by atoms with E-state index in [4.69, 9.17) is 15.2 Å². The molecule has 2 amide bonds. The van der Waals surface area contributed by atoms with Gasteiger partial charge in [0.15, 0.2) is 0 Å². The highest BCUT2D eigenvalue weighted by Gasteiger charge is 2.32. The summed E-state index contributed by atoms with van der Waals surface area (Å²) in [5.41, 5.74) is 5.07. The molecular weight excluding hydrogens is 455 g/mol. The molecule has 5 N–H and O–H groups in total. The number of anilines is 1. The van der Waals surface area contributed by atoms with Gasteiger partial charge in [-0.05, 0) is 31.0 Å². The Bertz CT molecular complexity index is 1050. The molecule has 1 fully saturated rings. The number of alkyl halides is 3. The molecule has 1 saturated heterocycles. The fraction of sp³-hybridized carbons (Fsp3) is 0.409. The summed E-state index contributed by atoms with van der Waals surface area (Å²) >= 11 is 0. The van der Waals surface area contributed by atoms with Gasteiger partial charge in [0.1, 0.15) is 5.75 Å². The lowest BCUT2D eigenvalue weighted by Gasteiger charge is -2.15. The third-order valence-electron chi connectivity index (χ3n) is 5.44. The van der Waals surface area contributed by atoms with Crippen molar-refractivity contribution in [1.29, 1.82) is 0 Å². The second-order valence-electron chi connectivity index (χ2n) is 7.83. The lowest BCUT2D eigenvalue weighted by Crippen LogP contribution is -2.42. The molecule has 0 radical (unpaired) electrons. The van der Waals surface area contributed by atoms with Crippen molar-refractivity contribution < 1.29 is 32.2 Å². The van der Waals surface area contributed by atoms with Crippen molar-refractivity contribution >= 4 is 17.5 Å². The molecular formula is C22H26F3N5O4. The highest BCUT2D eigenvalue weighted by molar-refractivity contribution is 6.00. The Morgan fingerprint density at radius 3 is 2.68 bits per heavy atom. The Labute approximate surface area is 194 Å². The Hall–Kier alpha value is -3.54. The average Bonchev–Trinajstić information content (AvgIpc) is 3.23. The van der Waals surface area contributed by atoms with Gasteiger partial charge in [-0.3, -0.25) is 9.59 Å². The number of benzene rings is 1. The predicted octanol–water partition coefficient (Wildman–Crippen LogP) is 1.52. The van der Waals surface area contributed by atoms with Gasteiger partial charge in [0, 0.05) is 42.1 Å². The summed E-state index contributed by atoms with van der Waals surface area (Å²) in [7, 11) is 3.08. The van der Waals surface area contributed by atoms with Crippen LogP contribution in [-0.2, 0) is 17.4 Å². The van der Waals surface area contributed by atoms with E-state index in [0.29, 0.717) is 37.1 Å². The quantitative estimate of drug-likeness (QED) is 0.421. The zero-order valence-corrected chi connectivity index (χ0v) is 18.7. The zero-order chi connectivity index (χ0) is 24.9. The minimum Gasteiger partial charge on any atom is -0.496 e. The molecule has 0 spiro atoms. The van der Waals surface area contributed by atoms with Gasteiger partial charge in [0.25, 0.3) is 5.91 Å². The van der Waals surface area contributed by atoms with E-state index in [1.807, 2.05) is 0 Å². The molecule has 1 aromatic heterocycles. The molecule has 2 atom stereocenters. The number of carbonyl (C=O) groups is 2. The minimum atomic E-state index is -4.61. The van der Waals surface area contributed by atoms with Gasteiger partial charge in [-0.15, -0.1) is 0 Å². The lowest BCUT2D eigenvalue weighted by molar-refractivity contribution is -0.137. The van der Waals surface area contributed by atoms with E-state index in [9.17, 15) is 22.8 Å². The number of carbonyl (C=O) groups excluding carboxylic acids is 2. The van der Waals surface area contributed by atoms with E-state index >= 15 is 0 Å². The SMILES string of the molecule is COc1cc(OC)c(CC2CC(NC(=O)CNC(=O)c3cc(C(F)(F)F)ccc3N)CN2)cn1. The third-order valence-corrected chi connectivity index (χ3v) is 5.44. The van der Waals surface area contributed by atoms with Crippen LogP contribution in [0, 0.1) is 0 Å². The van der Waals surface area contributed by atoms with Gasteiger partial charge in [0.2, 0.25) is 11.8 Å². The Morgan fingerprint density at radius 2 is 2.00 bits per heavy atom. The van der Waals surface area contributed by atoms with Gasteiger partial charge in [0.05, 0.1) is 31.9 Å². The average molecular weight is 481 g/mol. The minimum absolute atomic E-state index is 0.0638. The molecule has 184 valence electrons. The fourth-order valence-electron chi connectivity index (χ4n) is 3.72. The number of nitrogens with two attached hydrogens (primary N) is 1. The van der Waals surface area contributed by atoms with Gasteiger partial charge >= 0.3 is 6.18 Å². The summed E-state index contributed by atoms with van der Waals surface area (Å²) in [6.07, 6.45) is -1.67. The molecule has 1 aromatic carbocycles. The molecule has 1 aliphatic heterocycles. The molecule has 0 saturated carbocycles. The van der Waals surface area contributed by atoms with Crippen molar-refractivity contribution in [1.82, 2.24) is 20.9 Å². The van der Waals surface area contributed by atoms with E-state index in [2.05, 4.69) is 20.9 Å². The van der Waals surface area contributed by atoms with Crippen LogP contribution >= 0.6 is 0 Å². The van der Waals surface area contributed by atoms with E-state index in [0.717, 1.165) is 17.7 Å². The van der Waals surface area contributed by atoms with Crippen molar-refractivity contribution in [3.05, 3.63) is 47.2 Å². The molecule has 2 aromatic rings. The van der Waals surface area contributed by atoms with Crippen LogP contribution in [0.3, 0.4) is 0 Å². The van der Waals surface area contributed by atoms with Crippen molar-refractivity contribution in [2.24, 2.45) is 0 Å². The summed E-state index contributed by atoms with van der Waals surface area (Å²) in [6, 6.07) is 4.05. The number of pyridine rings is 1. The molecule has 12 heteroatoms. The van der Waals surface area contributed by atoms with Crippen molar-refractivity contribution in [2.45, 2.75) is 31.1 Å². The summed E-state index contributed by atoms with van der Waals surface area (Å²) in [5.74, 6) is -0.230. The van der Waals surface area contributed by atoms with Crippen LogP contribution < -0.4 is 31.2 Å². The number of nitrogens with one attached hydrogen (secondary N) is 3. The van der Waals surface area contributed by atoms with Gasteiger partial charge in [-0.1, -0.05) is 0 Å². The number of nitrogens with zero attached hydrogens (tertiary/aromatic N) is 1. The van der Waals surface area contributed by atoms with Gasteiger partial charge in [-0.2, -0.15) is 13.2 Å². The van der Waals surface area contributed by atoms with Crippen LogP contribution in [0.5, 0.6) is 11.6 Å². The molecule has 0 bridgehead atoms. The second kappa shape index (κ2) is 10.6. The van der Waals surface area contributed by atoms with E-state index in [-0.39, 0.29) is 23.3 Å². The number of hydrogen-bond acceptors (Lipinski definition) is 7. The summed E-state index contributed by atoms with van der Waals surface area (Å²) in [5, 5.41) is 8.44. The molecule has 34 heavy (non-hydrogen) atoms. The van der Waals surface area contributed by atoms with Crippen molar-refractivity contribution in [3.63, 3.8) is 0 Å². The second-order valence-corrected chi connectivity index (χ2v) is 7.83. The predicted molar refractivity (Wildman–Crippen MR) is 118 cm³/mol. The lowest BCUT2D eigenvalue weighted by atomic mass is 10.0. The number of amides is 2. The normalized spacial score (nSPS) is 17.8. The Balaban J connectivity index is 1.50. The third kappa shape index (κ3) is 6.28. The largest absolute Gasteiger partial charge is 0.496 e. The van der Waals surface area contributed by atoms with E-state index in [1.54, 1.807) is 19.4 Å². The molecule has 2 heterocycles. The summed E-state index contributed by atoms with van der Waals surface area (Å²) in [4.78, 5) is 28.7. The first-order chi connectivity index (χ1) is 16.1. The fourth-order valence-corrected chi connectivity index (χ4v) is 3.72. The van der Waals surface area contributed by atoms with Crippen molar-refractivity contribution in [3.8, 4) is 11.6 Å². The topological polar surface area (TPSA) is 128 Å². The molecule has 0 aliphatic carbocycles. The highest BCUT2D eigenvalue weighted by Crippen LogP contribution is 2.31. The number of aromatic nitrogens is 1. The number of hydrogen-bond donors (Lipinski definition) is 4. The molecule has 9 nitrogen and oxygen atoms in total. The highest BCUT2D eigenvalue weighted by atomic mass is 19.4. The van der Waals surface area contributed by atoms with E-state index in [1.165, 1.54) is 7.11 Å². The number of methoxy groups -OCH3 is 2. The Morgan fingerprint density at radius 1 is 1.24 bits per heavy atom. The first-order valence-corrected chi connectivity index (χ1v) is 10.4. The summed E-state index contributed by atoms with van der Waals surface area (Å²) in [6.45, 7) is 0.128. The van der Waals surface area contributed by atoms with Crippen LogP contribution in [0.15, 0.2) is 30.5 Å². The van der Waals surface area contributed by atoms with Crippen LogP contribution in [0.2, 0.25) is 0 Å². The standard InChI is InChI=1S/C22H26F3N5O4/c1-33-18-8-20(34-2)28-9-12(18)5-14-7-15(10-27-14)30-19(31)11-29-21(32)16-6-13(22(23,24)25)3-4-17(16)26/h3-4,6,8-9,14-15,27H,5,7,10-11,26H2,1-2H3,(H,29,32)(H,30,31). The van der Waals surface area contributed by atoms with Gasteiger partial charge < -0.3 is 31.2 Å². The van der Waals surface area contributed by atoms with Crippen molar-refractivity contribution in [2.75, 3.05) is 33.0 Å². The number of ether oxygens (including phenoxy) is 2. The monoisotopic (exact) mass is 481 g/mol. The van der Waals surface area contributed by atoms with Crippen LogP contribution in [0.4, 0.5) is 18.9 Å². The number of halogens is 3. The first kappa shape index (κ1) is 25.1. The van der Waals surface area contributed by atoms with Crippen LogP contribution in [0.25, 0.3) is 0 Å². The van der Waals surface area contributed by atoms with Crippen LogP contribution in [0.1, 0.15) is 27.9 Å². The first-order valence-electron chi connectivity index (χ1n) is 10.4. The number of rotatable bonds is 8. The van der Waals surface area contributed by atoms with Gasteiger partial charge in [-0.25, -0.2) is 4.98 Å². The zero-order valence-electron chi connectivity index (χ0n) is 18.7. The van der Waals surface area contributed by atoms with Crippen LogP contribution in [-0.4, -0.2) is 56.2 Å². The smallest absolute Gasteiger partial charge is 0.416 e. The Kier molecular flexibility index (Phi) is 7.82. The van der Waals surface area contributed by atoms with E-state index < -0.39 is 30.1 Å². The summed E-state index contributed by atoms with van der Waals surface area (Å²) < 4.78 is 49.2. The molecule has 3 rings (SSSR count). The number of nitrogen functional groups attached to an aromatic ring is 1. The molecule has 1 aliphatic rings. The maximum atomic E-state index is 12.9. The molecule has 2 unspecified atom stereocenters.